The summed E-state index contributed by atoms with van der Waals surface area (Å²) in [4.78, 5) is 0. The Morgan fingerprint density at radius 1 is 0.857 bits per heavy atom. The van der Waals surface area contributed by atoms with Gasteiger partial charge in [-0.25, -0.2) is 0 Å². The van der Waals surface area contributed by atoms with Gasteiger partial charge in [-0.05, 0) is 25.8 Å². The largest absolute Gasteiger partial charge is 0.313 e. The Kier molecular flexibility index (Phi) is 12.4. The number of rotatable bonds is 10. The average molecular weight is 197 g/mol. The van der Waals surface area contributed by atoms with E-state index in [1.165, 1.54) is 51.5 Å². The highest BCUT2D eigenvalue weighted by Gasteiger charge is 1.84. The molecule has 0 aliphatic rings. The average Bonchev–Trinajstić information content (AvgIpc) is 2.21. The van der Waals surface area contributed by atoms with Crippen LogP contribution in [0.15, 0.2) is 12.2 Å². The summed E-state index contributed by atoms with van der Waals surface area (Å²) in [5, 5.41) is 3.42. The zero-order valence-electron chi connectivity index (χ0n) is 10.0. The third kappa shape index (κ3) is 11.7. The first kappa shape index (κ1) is 13.7. The summed E-state index contributed by atoms with van der Waals surface area (Å²) in [7, 11) is 0. The SMILES string of the molecule is CCCCC/C=C/CNCCCCC. The van der Waals surface area contributed by atoms with Gasteiger partial charge in [0.05, 0.1) is 0 Å². The van der Waals surface area contributed by atoms with E-state index < -0.39 is 0 Å². The van der Waals surface area contributed by atoms with Gasteiger partial charge in [-0.1, -0.05) is 51.7 Å². The van der Waals surface area contributed by atoms with Crippen molar-refractivity contribution in [1.82, 2.24) is 5.32 Å². The summed E-state index contributed by atoms with van der Waals surface area (Å²) >= 11 is 0. The zero-order valence-corrected chi connectivity index (χ0v) is 10.0. The summed E-state index contributed by atoms with van der Waals surface area (Å²) in [6, 6.07) is 0. The molecule has 0 fully saturated rings. The van der Waals surface area contributed by atoms with Gasteiger partial charge in [-0.15, -0.1) is 0 Å². The molecule has 84 valence electrons. The molecule has 0 atom stereocenters. The summed E-state index contributed by atoms with van der Waals surface area (Å²) in [5.41, 5.74) is 0. The highest BCUT2D eigenvalue weighted by molar-refractivity contribution is 4.83. The van der Waals surface area contributed by atoms with Crippen molar-refractivity contribution in [2.75, 3.05) is 13.1 Å². The molecular weight excluding hydrogens is 170 g/mol. The van der Waals surface area contributed by atoms with Crippen molar-refractivity contribution in [2.45, 2.75) is 58.8 Å². The second-order valence-corrected chi connectivity index (χ2v) is 3.88. The molecule has 0 amide bonds. The molecule has 0 aliphatic heterocycles. The van der Waals surface area contributed by atoms with E-state index in [1.807, 2.05) is 0 Å². The van der Waals surface area contributed by atoms with E-state index in [2.05, 4.69) is 31.3 Å². The quantitative estimate of drug-likeness (QED) is 0.414. The molecule has 14 heavy (non-hydrogen) atoms. The number of unbranched alkanes of at least 4 members (excludes halogenated alkanes) is 5. The van der Waals surface area contributed by atoms with E-state index in [0.29, 0.717) is 0 Å². The van der Waals surface area contributed by atoms with Crippen molar-refractivity contribution in [3.05, 3.63) is 12.2 Å². The maximum absolute atomic E-state index is 3.42. The van der Waals surface area contributed by atoms with Crippen LogP contribution in [0.3, 0.4) is 0 Å². The number of nitrogens with one attached hydrogen (secondary N) is 1. The van der Waals surface area contributed by atoms with Crippen LogP contribution in [0.2, 0.25) is 0 Å². The van der Waals surface area contributed by atoms with Crippen molar-refractivity contribution < 1.29 is 0 Å². The lowest BCUT2D eigenvalue weighted by Crippen LogP contribution is -2.14. The van der Waals surface area contributed by atoms with Crippen molar-refractivity contribution >= 4 is 0 Å². The van der Waals surface area contributed by atoms with E-state index >= 15 is 0 Å². The Labute approximate surface area is 90.0 Å². The lowest BCUT2D eigenvalue weighted by Gasteiger charge is -1.99. The number of allylic oxidation sites excluding steroid dienone is 1. The van der Waals surface area contributed by atoms with Crippen LogP contribution in [-0.2, 0) is 0 Å². The van der Waals surface area contributed by atoms with Crippen LogP contribution < -0.4 is 5.32 Å². The van der Waals surface area contributed by atoms with Crippen molar-refractivity contribution in [3.63, 3.8) is 0 Å². The van der Waals surface area contributed by atoms with Gasteiger partial charge < -0.3 is 5.32 Å². The minimum atomic E-state index is 1.05. The molecule has 1 N–H and O–H groups in total. The fourth-order valence-electron chi connectivity index (χ4n) is 1.40. The molecule has 1 nitrogen and oxygen atoms in total. The molecule has 0 unspecified atom stereocenters. The molecule has 0 rings (SSSR count). The van der Waals surface area contributed by atoms with Gasteiger partial charge in [0.25, 0.3) is 0 Å². The lowest BCUT2D eigenvalue weighted by atomic mass is 10.2. The number of hydrogen-bond donors (Lipinski definition) is 1. The summed E-state index contributed by atoms with van der Waals surface area (Å²) in [5.74, 6) is 0. The molecule has 0 saturated carbocycles. The summed E-state index contributed by atoms with van der Waals surface area (Å²) in [6.07, 6.45) is 13.9. The van der Waals surface area contributed by atoms with Crippen molar-refractivity contribution in [1.29, 1.82) is 0 Å². The molecule has 0 bridgehead atoms. The molecule has 0 aromatic heterocycles. The van der Waals surface area contributed by atoms with E-state index in [9.17, 15) is 0 Å². The molecule has 1 heteroatoms. The minimum absolute atomic E-state index is 1.05. The van der Waals surface area contributed by atoms with Crippen LogP contribution in [0.5, 0.6) is 0 Å². The lowest BCUT2D eigenvalue weighted by molar-refractivity contribution is 0.645. The van der Waals surface area contributed by atoms with Gasteiger partial charge in [0, 0.05) is 6.54 Å². The summed E-state index contributed by atoms with van der Waals surface area (Å²) < 4.78 is 0. The van der Waals surface area contributed by atoms with E-state index in [4.69, 9.17) is 0 Å². The standard InChI is InChI=1S/C13H27N/c1-3-5-7-8-9-11-13-14-12-10-6-4-2/h9,11,14H,3-8,10,12-13H2,1-2H3/b11-9+. The highest BCUT2D eigenvalue weighted by Crippen LogP contribution is 1.98. The van der Waals surface area contributed by atoms with Crippen LogP contribution in [0, 0.1) is 0 Å². The van der Waals surface area contributed by atoms with Gasteiger partial charge >= 0.3 is 0 Å². The predicted octanol–water partition coefficient (Wildman–Crippen LogP) is 3.90. The number of hydrogen-bond acceptors (Lipinski definition) is 1. The first-order valence-electron chi connectivity index (χ1n) is 6.27. The predicted molar refractivity (Wildman–Crippen MR) is 65.7 cm³/mol. The van der Waals surface area contributed by atoms with Crippen LogP contribution in [0.1, 0.15) is 58.8 Å². The molecule has 0 radical (unpaired) electrons. The molecule has 0 spiro atoms. The molecular formula is C13H27N. The van der Waals surface area contributed by atoms with Gasteiger partial charge in [0.2, 0.25) is 0 Å². The third-order valence-corrected chi connectivity index (χ3v) is 2.36. The van der Waals surface area contributed by atoms with Crippen LogP contribution in [0.25, 0.3) is 0 Å². The monoisotopic (exact) mass is 197 g/mol. The van der Waals surface area contributed by atoms with Crippen molar-refractivity contribution in [2.24, 2.45) is 0 Å². The van der Waals surface area contributed by atoms with E-state index in [-0.39, 0.29) is 0 Å². The zero-order chi connectivity index (χ0) is 10.5. The maximum Gasteiger partial charge on any atom is 0.0134 e. The van der Waals surface area contributed by atoms with Crippen LogP contribution >= 0.6 is 0 Å². The fourth-order valence-corrected chi connectivity index (χ4v) is 1.40. The second kappa shape index (κ2) is 12.7. The first-order valence-corrected chi connectivity index (χ1v) is 6.27. The summed E-state index contributed by atoms with van der Waals surface area (Å²) in [6.45, 7) is 6.72. The topological polar surface area (TPSA) is 12.0 Å². The minimum Gasteiger partial charge on any atom is -0.313 e. The van der Waals surface area contributed by atoms with Crippen LogP contribution in [-0.4, -0.2) is 13.1 Å². The van der Waals surface area contributed by atoms with E-state index in [1.54, 1.807) is 0 Å². The van der Waals surface area contributed by atoms with Crippen LogP contribution in [0.4, 0.5) is 0 Å². The molecule has 0 aromatic carbocycles. The molecule has 0 saturated heterocycles. The molecule has 0 aromatic rings. The maximum atomic E-state index is 3.42. The molecule has 0 heterocycles. The smallest absolute Gasteiger partial charge is 0.0134 e. The Morgan fingerprint density at radius 2 is 1.57 bits per heavy atom. The second-order valence-electron chi connectivity index (χ2n) is 3.88. The van der Waals surface area contributed by atoms with Gasteiger partial charge in [0.1, 0.15) is 0 Å². The fraction of sp³-hybridized carbons (Fsp3) is 0.846. The first-order chi connectivity index (χ1) is 6.91. The molecule has 0 aliphatic carbocycles. The Morgan fingerprint density at radius 3 is 2.29 bits per heavy atom. The Hall–Kier alpha value is -0.300. The van der Waals surface area contributed by atoms with Gasteiger partial charge in [0.15, 0.2) is 0 Å². The Balaban J connectivity index is 2.96. The normalized spacial score (nSPS) is 11.3. The third-order valence-electron chi connectivity index (χ3n) is 2.36. The van der Waals surface area contributed by atoms with E-state index in [0.717, 1.165) is 6.54 Å². The van der Waals surface area contributed by atoms with Gasteiger partial charge in [-0.2, -0.15) is 0 Å². The van der Waals surface area contributed by atoms with Crippen molar-refractivity contribution in [3.8, 4) is 0 Å². The highest BCUT2D eigenvalue weighted by atomic mass is 14.8. The van der Waals surface area contributed by atoms with Gasteiger partial charge in [-0.3, -0.25) is 0 Å². The Bertz CT molecular complexity index is 118.